The highest BCUT2D eigenvalue weighted by molar-refractivity contribution is 5.93. The monoisotopic (exact) mass is 348 g/mol. The van der Waals surface area contributed by atoms with E-state index in [0.29, 0.717) is 18.2 Å². The van der Waals surface area contributed by atoms with Crippen molar-refractivity contribution in [3.63, 3.8) is 0 Å². The summed E-state index contributed by atoms with van der Waals surface area (Å²) < 4.78 is 0. The molecule has 1 unspecified atom stereocenters. The Morgan fingerprint density at radius 2 is 2.16 bits per heavy atom. The lowest BCUT2D eigenvalue weighted by Gasteiger charge is -2.32. The number of carbonyl (C=O) groups excluding carboxylic acids is 2. The second-order valence-corrected chi connectivity index (χ2v) is 6.48. The van der Waals surface area contributed by atoms with E-state index in [2.05, 4.69) is 15.5 Å². The number of rotatable bonds is 6. The van der Waals surface area contributed by atoms with Gasteiger partial charge in [0.25, 0.3) is 5.69 Å². The van der Waals surface area contributed by atoms with Crippen molar-refractivity contribution in [2.45, 2.75) is 26.7 Å². The van der Waals surface area contributed by atoms with E-state index in [-0.39, 0.29) is 24.0 Å². The summed E-state index contributed by atoms with van der Waals surface area (Å²) in [5.41, 5.74) is 1.20. The normalized spacial score (nSPS) is 17.8. The second-order valence-electron chi connectivity index (χ2n) is 6.48. The van der Waals surface area contributed by atoms with E-state index >= 15 is 0 Å². The lowest BCUT2D eigenvalue weighted by Crippen LogP contribution is -2.43. The van der Waals surface area contributed by atoms with Gasteiger partial charge in [-0.15, -0.1) is 0 Å². The molecule has 1 aromatic carbocycles. The van der Waals surface area contributed by atoms with Gasteiger partial charge in [0.2, 0.25) is 11.8 Å². The fourth-order valence-corrected chi connectivity index (χ4v) is 3.00. The highest BCUT2D eigenvalue weighted by Gasteiger charge is 2.22. The number of anilines is 1. The lowest BCUT2D eigenvalue weighted by molar-refractivity contribution is -0.384. The molecule has 0 aromatic heterocycles. The van der Waals surface area contributed by atoms with Crippen molar-refractivity contribution >= 4 is 23.2 Å². The van der Waals surface area contributed by atoms with Crippen molar-refractivity contribution in [3.8, 4) is 0 Å². The quantitative estimate of drug-likeness (QED) is 0.601. The molecule has 1 fully saturated rings. The zero-order chi connectivity index (χ0) is 18.4. The molecule has 0 aliphatic carbocycles. The fraction of sp³-hybridized carbons (Fsp3) is 0.529. The Bertz CT molecular complexity index is 662. The number of hydrogen-bond donors (Lipinski definition) is 2. The number of nitro groups is 1. The average Bonchev–Trinajstić information content (AvgIpc) is 2.55. The summed E-state index contributed by atoms with van der Waals surface area (Å²) in [4.78, 5) is 35.8. The predicted molar refractivity (Wildman–Crippen MR) is 94.3 cm³/mol. The SMILES string of the molecule is CC(=O)NCC1CCCN(CC(=O)Nc2cc([N+](=O)[O-])ccc2C)C1. The maximum absolute atomic E-state index is 12.3. The van der Waals surface area contributed by atoms with Crippen LogP contribution in [0.5, 0.6) is 0 Å². The first-order chi connectivity index (χ1) is 11.8. The number of aryl methyl sites for hydroxylation is 1. The molecular weight excluding hydrogens is 324 g/mol. The Morgan fingerprint density at radius 3 is 2.84 bits per heavy atom. The summed E-state index contributed by atoms with van der Waals surface area (Å²) >= 11 is 0. The summed E-state index contributed by atoms with van der Waals surface area (Å²) in [5.74, 6) is 0.102. The Hall–Kier alpha value is -2.48. The first kappa shape index (κ1) is 18.9. The molecule has 25 heavy (non-hydrogen) atoms. The van der Waals surface area contributed by atoms with Gasteiger partial charge < -0.3 is 10.6 Å². The molecule has 8 nitrogen and oxygen atoms in total. The van der Waals surface area contributed by atoms with Crippen LogP contribution in [-0.4, -0.2) is 47.8 Å². The van der Waals surface area contributed by atoms with Gasteiger partial charge in [0.05, 0.1) is 17.2 Å². The number of nitrogens with zero attached hydrogens (tertiary/aromatic N) is 2. The van der Waals surface area contributed by atoms with Crippen LogP contribution in [0.25, 0.3) is 0 Å². The van der Waals surface area contributed by atoms with Crippen molar-refractivity contribution in [1.29, 1.82) is 0 Å². The van der Waals surface area contributed by atoms with Crippen LogP contribution >= 0.6 is 0 Å². The molecule has 1 heterocycles. The lowest BCUT2D eigenvalue weighted by atomic mass is 9.98. The number of likely N-dealkylation sites (tertiary alicyclic amines) is 1. The Labute approximate surface area is 146 Å². The Balaban J connectivity index is 1.90. The number of benzene rings is 1. The summed E-state index contributed by atoms with van der Waals surface area (Å²) in [6.07, 6.45) is 2.01. The van der Waals surface area contributed by atoms with E-state index in [1.165, 1.54) is 19.1 Å². The number of nitro benzene ring substituents is 1. The summed E-state index contributed by atoms with van der Waals surface area (Å²) in [6.45, 7) is 5.73. The summed E-state index contributed by atoms with van der Waals surface area (Å²) in [6, 6.07) is 4.42. The maximum Gasteiger partial charge on any atom is 0.271 e. The van der Waals surface area contributed by atoms with Crippen LogP contribution in [0.4, 0.5) is 11.4 Å². The third-order valence-electron chi connectivity index (χ3n) is 4.32. The molecule has 0 radical (unpaired) electrons. The maximum atomic E-state index is 12.3. The van der Waals surface area contributed by atoms with Gasteiger partial charge in [-0.05, 0) is 37.8 Å². The zero-order valence-corrected chi connectivity index (χ0v) is 14.6. The van der Waals surface area contributed by atoms with Crippen LogP contribution in [-0.2, 0) is 9.59 Å². The minimum Gasteiger partial charge on any atom is -0.356 e. The van der Waals surface area contributed by atoms with Crippen molar-refractivity contribution in [2.24, 2.45) is 5.92 Å². The molecule has 136 valence electrons. The van der Waals surface area contributed by atoms with Gasteiger partial charge in [-0.2, -0.15) is 0 Å². The van der Waals surface area contributed by atoms with Crippen LogP contribution in [0.15, 0.2) is 18.2 Å². The van der Waals surface area contributed by atoms with Crippen LogP contribution in [0, 0.1) is 23.0 Å². The molecule has 1 aromatic rings. The third-order valence-corrected chi connectivity index (χ3v) is 4.32. The first-order valence-corrected chi connectivity index (χ1v) is 8.37. The average molecular weight is 348 g/mol. The summed E-state index contributed by atoms with van der Waals surface area (Å²) in [7, 11) is 0. The smallest absolute Gasteiger partial charge is 0.271 e. The number of non-ortho nitro benzene ring substituents is 1. The van der Waals surface area contributed by atoms with Crippen molar-refractivity contribution in [2.75, 3.05) is 31.5 Å². The van der Waals surface area contributed by atoms with E-state index in [1.54, 1.807) is 13.0 Å². The van der Waals surface area contributed by atoms with Gasteiger partial charge in [-0.1, -0.05) is 6.07 Å². The van der Waals surface area contributed by atoms with Gasteiger partial charge in [-0.3, -0.25) is 24.6 Å². The van der Waals surface area contributed by atoms with Crippen molar-refractivity contribution in [1.82, 2.24) is 10.2 Å². The Kier molecular flexibility index (Phi) is 6.46. The van der Waals surface area contributed by atoms with E-state index < -0.39 is 4.92 Å². The van der Waals surface area contributed by atoms with Gasteiger partial charge in [0.15, 0.2) is 0 Å². The number of hydrogen-bond acceptors (Lipinski definition) is 5. The molecule has 0 spiro atoms. The van der Waals surface area contributed by atoms with E-state index in [1.807, 2.05) is 0 Å². The Morgan fingerprint density at radius 1 is 1.40 bits per heavy atom. The molecule has 1 saturated heterocycles. The molecule has 1 atom stereocenters. The fourth-order valence-electron chi connectivity index (χ4n) is 3.00. The van der Waals surface area contributed by atoms with Crippen molar-refractivity contribution < 1.29 is 14.5 Å². The number of amides is 2. The van der Waals surface area contributed by atoms with Crippen molar-refractivity contribution in [3.05, 3.63) is 33.9 Å². The van der Waals surface area contributed by atoms with Gasteiger partial charge in [-0.25, -0.2) is 0 Å². The minimum atomic E-state index is -0.480. The molecule has 2 amide bonds. The zero-order valence-electron chi connectivity index (χ0n) is 14.6. The van der Waals surface area contributed by atoms with Crippen LogP contribution in [0.1, 0.15) is 25.3 Å². The van der Waals surface area contributed by atoms with Crippen LogP contribution in [0.2, 0.25) is 0 Å². The summed E-state index contributed by atoms with van der Waals surface area (Å²) in [5, 5.41) is 16.5. The predicted octanol–water partition coefficient (Wildman–Crippen LogP) is 1.69. The van der Waals surface area contributed by atoms with Crippen LogP contribution < -0.4 is 10.6 Å². The molecule has 0 bridgehead atoms. The standard InChI is InChI=1S/C17H24N4O4/c1-12-5-6-15(21(24)25)8-16(12)19-17(23)11-20-7-3-4-14(10-20)9-18-13(2)22/h5-6,8,14H,3-4,7,9-11H2,1-2H3,(H,18,22)(H,19,23). The first-order valence-electron chi connectivity index (χ1n) is 8.37. The minimum absolute atomic E-state index is 0.0454. The van der Waals surface area contributed by atoms with Gasteiger partial charge in [0.1, 0.15) is 0 Å². The molecule has 8 heteroatoms. The molecule has 1 aliphatic rings. The highest BCUT2D eigenvalue weighted by Crippen LogP contribution is 2.22. The topological polar surface area (TPSA) is 105 Å². The molecule has 0 saturated carbocycles. The van der Waals surface area contributed by atoms with E-state index in [9.17, 15) is 19.7 Å². The number of carbonyl (C=O) groups is 2. The highest BCUT2D eigenvalue weighted by atomic mass is 16.6. The number of piperidine rings is 1. The molecule has 2 N–H and O–H groups in total. The largest absolute Gasteiger partial charge is 0.356 e. The molecular formula is C17H24N4O4. The van der Waals surface area contributed by atoms with E-state index in [0.717, 1.165) is 31.5 Å². The number of nitrogens with one attached hydrogen (secondary N) is 2. The van der Waals surface area contributed by atoms with Crippen LogP contribution in [0.3, 0.4) is 0 Å². The van der Waals surface area contributed by atoms with E-state index in [4.69, 9.17) is 0 Å². The van der Waals surface area contributed by atoms with Gasteiger partial charge in [0, 0.05) is 32.1 Å². The van der Waals surface area contributed by atoms with Gasteiger partial charge >= 0.3 is 0 Å². The molecule has 1 aliphatic heterocycles. The third kappa shape index (κ3) is 5.82. The molecule has 2 rings (SSSR count). The second kappa shape index (κ2) is 8.57.